The van der Waals surface area contributed by atoms with Crippen molar-refractivity contribution >= 4 is 12.7 Å². The largest absolute Gasteiger partial charge is 0.348 e. The second-order valence-corrected chi connectivity index (χ2v) is 2.25. The average molecular weight is 143 g/mol. The third-order valence-corrected chi connectivity index (χ3v) is 1.26. The molecule has 0 aromatic rings. The zero-order valence-electron chi connectivity index (χ0n) is 6.25. The number of aldehydes is 1. The summed E-state index contributed by atoms with van der Waals surface area (Å²) >= 11 is 0. The zero-order chi connectivity index (χ0) is 7.82. The number of nitrogens with zero attached hydrogens (tertiary/aromatic N) is 1. The summed E-state index contributed by atoms with van der Waals surface area (Å²) in [4.78, 5) is 21.4. The van der Waals surface area contributed by atoms with E-state index in [0.717, 1.165) is 32.1 Å². The van der Waals surface area contributed by atoms with Gasteiger partial charge in [0.2, 0.25) is 6.41 Å². The Morgan fingerprint density at radius 3 is 2.50 bits per heavy atom. The van der Waals surface area contributed by atoms with Crippen molar-refractivity contribution in [2.24, 2.45) is 0 Å². The lowest BCUT2D eigenvalue weighted by Gasteiger charge is -2.07. The van der Waals surface area contributed by atoms with Gasteiger partial charge < -0.3 is 9.69 Å². The fourth-order valence-corrected chi connectivity index (χ4v) is 0.642. The Morgan fingerprint density at radius 2 is 2.00 bits per heavy atom. The summed E-state index contributed by atoms with van der Waals surface area (Å²) in [7, 11) is 1.73. The van der Waals surface area contributed by atoms with Gasteiger partial charge in [0, 0.05) is 20.0 Å². The molecule has 0 saturated carbocycles. The zero-order valence-corrected chi connectivity index (χ0v) is 6.25. The maximum atomic E-state index is 10.0. The molecule has 3 nitrogen and oxygen atoms in total. The summed E-state index contributed by atoms with van der Waals surface area (Å²) in [6, 6.07) is 0. The lowest BCUT2D eigenvalue weighted by atomic mass is 10.2. The van der Waals surface area contributed by atoms with Crippen LogP contribution in [-0.4, -0.2) is 31.2 Å². The van der Waals surface area contributed by atoms with Crippen LogP contribution in [0.15, 0.2) is 0 Å². The molecule has 10 heavy (non-hydrogen) atoms. The third kappa shape index (κ3) is 5.28. The molecule has 0 atom stereocenters. The van der Waals surface area contributed by atoms with Crippen LogP contribution in [0, 0.1) is 0 Å². The summed E-state index contributed by atoms with van der Waals surface area (Å²) in [6.07, 6.45) is 4.09. The van der Waals surface area contributed by atoms with Crippen LogP contribution in [0.1, 0.15) is 19.3 Å². The predicted octanol–water partition coefficient (Wildman–Crippen LogP) is 0.444. The highest BCUT2D eigenvalue weighted by Crippen LogP contribution is 1.92. The molecule has 58 valence electrons. The van der Waals surface area contributed by atoms with E-state index < -0.39 is 0 Å². The van der Waals surface area contributed by atoms with Crippen molar-refractivity contribution in [3.8, 4) is 0 Å². The molecule has 0 spiro atoms. The minimum atomic E-state index is 0.604. The molecule has 0 aromatic heterocycles. The Bertz CT molecular complexity index is 104. The second kappa shape index (κ2) is 6.26. The molecule has 0 heterocycles. The topological polar surface area (TPSA) is 37.4 Å². The van der Waals surface area contributed by atoms with Crippen molar-refractivity contribution in [1.82, 2.24) is 4.90 Å². The van der Waals surface area contributed by atoms with E-state index in [1.54, 1.807) is 11.9 Å². The van der Waals surface area contributed by atoms with Gasteiger partial charge in [0.25, 0.3) is 0 Å². The number of hydrogen-bond acceptors (Lipinski definition) is 2. The third-order valence-electron chi connectivity index (χ3n) is 1.26. The number of carbonyl (C=O) groups excluding carboxylic acids is 2. The SMILES string of the molecule is CN(C=O)CCCCC=O. The highest BCUT2D eigenvalue weighted by molar-refractivity contribution is 5.49. The van der Waals surface area contributed by atoms with Crippen LogP contribution in [0.5, 0.6) is 0 Å². The molecule has 0 unspecified atom stereocenters. The van der Waals surface area contributed by atoms with Gasteiger partial charge in [-0.1, -0.05) is 0 Å². The van der Waals surface area contributed by atoms with Crippen molar-refractivity contribution in [3.63, 3.8) is 0 Å². The fourth-order valence-electron chi connectivity index (χ4n) is 0.642. The summed E-state index contributed by atoms with van der Waals surface area (Å²) in [5.41, 5.74) is 0. The lowest BCUT2D eigenvalue weighted by molar-refractivity contribution is -0.117. The van der Waals surface area contributed by atoms with Crippen molar-refractivity contribution in [2.45, 2.75) is 19.3 Å². The molecule has 0 aliphatic heterocycles. The van der Waals surface area contributed by atoms with Gasteiger partial charge in [0.15, 0.2) is 0 Å². The van der Waals surface area contributed by atoms with E-state index in [9.17, 15) is 9.59 Å². The quantitative estimate of drug-likeness (QED) is 0.399. The van der Waals surface area contributed by atoms with E-state index in [1.807, 2.05) is 0 Å². The highest BCUT2D eigenvalue weighted by atomic mass is 16.1. The summed E-state index contributed by atoms with van der Waals surface area (Å²) < 4.78 is 0. The summed E-state index contributed by atoms with van der Waals surface area (Å²) in [5.74, 6) is 0. The number of carbonyl (C=O) groups is 2. The Balaban J connectivity index is 3.02. The predicted molar refractivity (Wildman–Crippen MR) is 38.6 cm³/mol. The molecule has 0 aliphatic rings. The van der Waals surface area contributed by atoms with Gasteiger partial charge >= 0.3 is 0 Å². The number of hydrogen-bond donors (Lipinski definition) is 0. The van der Waals surface area contributed by atoms with Crippen LogP contribution >= 0.6 is 0 Å². The number of amides is 1. The van der Waals surface area contributed by atoms with E-state index >= 15 is 0 Å². The van der Waals surface area contributed by atoms with Gasteiger partial charge in [-0.3, -0.25) is 4.79 Å². The van der Waals surface area contributed by atoms with Gasteiger partial charge in [-0.25, -0.2) is 0 Å². The smallest absolute Gasteiger partial charge is 0.209 e. The highest BCUT2D eigenvalue weighted by Gasteiger charge is 1.91. The number of unbranched alkanes of at least 4 members (excludes halogenated alkanes) is 2. The van der Waals surface area contributed by atoms with Crippen molar-refractivity contribution < 1.29 is 9.59 Å². The minimum absolute atomic E-state index is 0.604. The van der Waals surface area contributed by atoms with Gasteiger partial charge in [-0.2, -0.15) is 0 Å². The van der Waals surface area contributed by atoms with Crippen LogP contribution in [0.2, 0.25) is 0 Å². The fraction of sp³-hybridized carbons (Fsp3) is 0.714. The Morgan fingerprint density at radius 1 is 1.30 bits per heavy atom. The molecule has 0 rings (SSSR count). The minimum Gasteiger partial charge on any atom is -0.348 e. The molecule has 0 N–H and O–H groups in total. The van der Waals surface area contributed by atoms with Gasteiger partial charge in [0.05, 0.1) is 0 Å². The standard InChI is InChI=1S/C7H13NO2/c1-8(7-10)5-3-2-4-6-9/h6-7H,2-5H2,1H3. The summed E-state index contributed by atoms with van der Waals surface area (Å²) in [6.45, 7) is 0.747. The van der Waals surface area contributed by atoms with Crippen LogP contribution < -0.4 is 0 Å². The molecular weight excluding hydrogens is 130 g/mol. The van der Waals surface area contributed by atoms with Crippen LogP contribution in [0.3, 0.4) is 0 Å². The maximum absolute atomic E-state index is 10.0. The molecule has 1 amide bonds. The Hall–Kier alpha value is -0.860. The summed E-state index contributed by atoms with van der Waals surface area (Å²) in [5, 5.41) is 0. The average Bonchev–Trinajstić information content (AvgIpc) is 1.98. The van der Waals surface area contributed by atoms with E-state index in [2.05, 4.69) is 0 Å². The molecule has 0 radical (unpaired) electrons. The van der Waals surface area contributed by atoms with Crippen LogP contribution in [0.4, 0.5) is 0 Å². The molecule has 0 aromatic carbocycles. The second-order valence-electron chi connectivity index (χ2n) is 2.25. The first-order valence-electron chi connectivity index (χ1n) is 3.40. The van der Waals surface area contributed by atoms with Crippen molar-refractivity contribution in [1.29, 1.82) is 0 Å². The maximum Gasteiger partial charge on any atom is 0.209 e. The first-order chi connectivity index (χ1) is 4.81. The normalized spacial score (nSPS) is 8.90. The van der Waals surface area contributed by atoms with E-state index in [-0.39, 0.29) is 0 Å². The van der Waals surface area contributed by atoms with Crippen LogP contribution in [0.25, 0.3) is 0 Å². The first kappa shape index (κ1) is 9.14. The Labute approximate surface area is 61.0 Å². The monoisotopic (exact) mass is 143 g/mol. The molecule has 3 heteroatoms. The Kier molecular flexibility index (Phi) is 5.72. The van der Waals surface area contributed by atoms with Gasteiger partial charge in [0.1, 0.15) is 6.29 Å². The van der Waals surface area contributed by atoms with Crippen molar-refractivity contribution in [2.75, 3.05) is 13.6 Å². The molecular formula is C7H13NO2. The molecule has 0 aliphatic carbocycles. The van der Waals surface area contributed by atoms with Gasteiger partial charge in [-0.15, -0.1) is 0 Å². The molecule has 0 bridgehead atoms. The molecule has 0 fully saturated rings. The lowest BCUT2D eigenvalue weighted by Crippen LogP contribution is -2.16. The number of rotatable bonds is 6. The first-order valence-corrected chi connectivity index (χ1v) is 3.40. The van der Waals surface area contributed by atoms with E-state index in [4.69, 9.17) is 0 Å². The van der Waals surface area contributed by atoms with Gasteiger partial charge in [-0.05, 0) is 12.8 Å². The van der Waals surface area contributed by atoms with Crippen LogP contribution in [-0.2, 0) is 9.59 Å². The van der Waals surface area contributed by atoms with Crippen molar-refractivity contribution in [3.05, 3.63) is 0 Å². The van der Waals surface area contributed by atoms with E-state index in [1.165, 1.54) is 0 Å². The van der Waals surface area contributed by atoms with E-state index in [0.29, 0.717) is 6.42 Å². The molecule has 0 saturated heterocycles.